The molecule has 0 heterocycles. The molecule has 0 spiro atoms. The Labute approximate surface area is 119 Å². The number of unbranched alkanes of at least 4 members (excludes halogenated alkanes) is 2. The van der Waals surface area contributed by atoms with Gasteiger partial charge in [-0.05, 0) is 25.7 Å². The summed E-state index contributed by atoms with van der Waals surface area (Å²) < 4.78 is 0. The first kappa shape index (κ1) is 16.5. The SMILES string of the molecule is CCCCCN(C(=O)C(C)(C)CC)C1CCCCC1. The summed E-state index contributed by atoms with van der Waals surface area (Å²) in [7, 11) is 0. The second kappa shape index (κ2) is 7.91. The second-order valence-corrected chi connectivity index (χ2v) is 6.73. The molecule has 0 aromatic carbocycles. The van der Waals surface area contributed by atoms with Crippen LogP contribution in [0.4, 0.5) is 0 Å². The monoisotopic (exact) mass is 267 g/mol. The van der Waals surface area contributed by atoms with E-state index >= 15 is 0 Å². The van der Waals surface area contributed by atoms with Crippen LogP contribution >= 0.6 is 0 Å². The number of hydrogen-bond acceptors (Lipinski definition) is 1. The average Bonchev–Trinajstić information content (AvgIpc) is 2.44. The molecule has 1 amide bonds. The van der Waals surface area contributed by atoms with E-state index in [1.54, 1.807) is 0 Å². The quantitative estimate of drug-likeness (QED) is 0.608. The summed E-state index contributed by atoms with van der Waals surface area (Å²) >= 11 is 0. The van der Waals surface area contributed by atoms with Crippen molar-refractivity contribution in [2.75, 3.05) is 6.54 Å². The first-order valence-electron chi connectivity index (χ1n) is 8.34. The van der Waals surface area contributed by atoms with E-state index in [0.29, 0.717) is 11.9 Å². The van der Waals surface area contributed by atoms with E-state index in [4.69, 9.17) is 0 Å². The molecule has 0 saturated heterocycles. The maximum absolute atomic E-state index is 12.8. The highest BCUT2D eigenvalue weighted by molar-refractivity contribution is 5.82. The molecule has 0 radical (unpaired) electrons. The number of carbonyl (C=O) groups excluding carboxylic acids is 1. The van der Waals surface area contributed by atoms with Crippen molar-refractivity contribution in [1.82, 2.24) is 4.90 Å². The molecule has 0 aliphatic heterocycles. The number of nitrogens with zero attached hydrogens (tertiary/aromatic N) is 1. The Hall–Kier alpha value is -0.530. The van der Waals surface area contributed by atoms with Crippen molar-refractivity contribution in [3.63, 3.8) is 0 Å². The summed E-state index contributed by atoms with van der Waals surface area (Å²) in [4.78, 5) is 15.0. The summed E-state index contributed by atoms with van der Waals surface area (Å²) in [5.74, 6) is 0.387. The molecule has 1 fully saturated rings. The highest BCUT2D eigenvalue weighted by atomic mass is 16.2. The van der Waals surface area contributed by atoms with Gasteiger partial charge >= 0.3 is 0 Å². The lowest BCUT2D eigenvalue weighted by Gasteiger charge is -2.39. The maximum Gasteiger partial charge on any atom is 0.228 e. The molecule has 0 bridgehead atoms. The van der Waals surface area contributed by atoms with Gasteiger partial charge in [-0.3, -0.25) is 4.79 Å². The molecule has 1 aliphatic rings. The van der Waals surface area contributed by atoms with Gasteiger partial charge < -0.3 is 4.90 Å². The van der Waals surface area contributed by atoms with Gasteiger partial charge in [0, 0.05) is 18.0 Å². The van der Waals surface area contributed by atoms with Crippen molar-refractivity contribution in [2.45, 2.75) is 91.5 Å². The van der Waals surface area contributed by atoms with E-state index in [0.717, 1.165) is 13.0 Å². The summed E-state index contributed by atoms with van der Waals surface area (Å²) in [6.45, 7) is 9.53. The van der Waals surface area contributed by atoms with Crippen LogP contribution in [-0.2, 0) is 4.79 Å². The van der Waals surface area contributed by atoms with Gasteiger partial charge in [-0.2, -0.15) is 0 Å². The number of carbonyl (C=O) groups is 1. The van der Waals surface area contributed by atoms with Gasteiger partial charge in [0.15, 0.2) is 0 Å². The van der Waals surface area contributed by atoms with Gasteiger partial charge in [-0.15, -0.1) is 0 Å². The molecule has 0 N–H and O–H groups in total. The van der Waals surface area contributed by atoms with Gasteiger partial charge in [0.05, 0.1) is 0 Å². The second-order valence-electron chi connectivity index (χ2n) is 6.73. The largest absolute Gasteiger partial charge is 0.339 e. The van der Waals surface area contributed by atoms with Crippen molar-refractivity contribution in [2.24, 2.45) is 5.41 Å². The van der Waals surface area contributed by atoms with Crippen LogP contribution in [0.5, 0.6) is 0 Å². The minimum Gasteiger partial charge on any atom is -0.339 e. The Balaban J connectivity index is 2.69. The van der Waals surface area contributed by atoms with E-state index in [2.05, 4.69) is 32.6 Å². The summed E-state index contributed by atoms with van der Waals surface area (Å²) in [5.41, 5.74) is -0.191. The average molecular weight is 267 g/mol. The van der Waals surface area contributed by atoms with E-state index in [1.165, 1.54) is 51.4 Å². The first-order chi connectivity index (χ1) is 9.03. The molecule has 1 saturated carbocycles. The molecule has 0 aromatic rings. The zero-order valence-electron chi connectivity index (χ0n) is 13.5. The third-order valence-electron chi connectivity index (χ3n) is 4.74. The summed E-state index contributed by atoms with van der Waals surface area (Å²) in [5, 5.41) is 0. The van der Waals surface area contributed by atoms with Gasteiger partial charge in [0.25, 0.3) is 0 Å². The Morgan fingerprint density at radius 1 is 1.11 bits per heavy atom. The van der Waals surface area contributed by atoms with Crippen LogP contribution in [0, 0.1) is 5.41 Å². The smallest absolute Gasteiger partial charge is 0.228 e. The molecule has 2 nitrogen and oxygen atoms in total. The van der Waals surface area contributed by atoms with Crippen LogP contribution in [0.25, 0.3) is 0 Å². The summed E-state index contributed by atoms with van der Waals surface area (Å²) in [6.07, 6.45) is 11.0. The molecule has 0 unspecified atom stereocenters. The van der Waals surface area contributed by atoms with Gasteiger partial charge in [-0.1, -0.05) is 59.8 Å². The molecular weight excluding hydrogens is 234 g/mol. The molecule has 0 aromatic heterocycles. The molecule has 19 heavy (non-hydrogen) atoms. The van der Waals surface area contributed by atoms with Crippen molar-refractivity contribution in [3.05, 3.63) is 0 Å². The predicted molar refractivity (Wildman–Crippen MR) is 82.2 cm³/mol. The van der Waals surface area contributed by atoms with E-state index in [9.17, 15) is 4.79 Å². The Morgan fingerprint density at radius 2 is 1.74 bits per heavy atom. The fourth-order valence-electron chi connectivity index (χ4n) is 2.91. The maximum atomic E-state index is 12.8. The molecule has 1 rings (SSSR count). The highest BCUT2D eigenvalue weighted by Crippen LogP contribution is 2.29. The van der Waals surface area contributed by atoms with Crippen LogP contribution in [0.2, 0.25) is 0 Å². The zero-order chi connectivity index (χ0) is 14.3. The minimum atomic E-state index is -0.191. The van der Waals surface area contributed by atoms with Crippen LogP contribution in [-0.4, -0.2) is 23.4 Å². The fourth-order valence-corrected chi connectivity index (χ4v) is 2.91. The third-order valence-corrected chi connectivity index (χ3v) is 4.74. The lowest BCUT2D eigenvalue weighted by Crippen LogP contribution is -2.47. The predicted octanol–water partition coefficient (Wildman–Crippen LogP) is 4.77. The summed E-state index contributed by atoms with van der Waals surface area (Å²) in [6, 6.07) is 0.518. The van der Waals surface area contributed by atoms with Crippen LogP contribution in [0.15, 0.2) is 0 Å². The van der Waals surface area contributed by atoms with E-state index in [1.807, 2.05) is 0 Å². The Morgan fingerprint density at radius 3 is 2.26 bits per heavy atom. The Bertz CT molecular complexity index is 266. The molecular formula is C17H33NO. The minimum absolute atomic E-state index is 0.191. The van der Waals surface area contributed by atoms with Crippen molar-refractivity contribution < 1.29 is 4.79 Å². The third kappa shape index (κ3) is 4.81. The lowest BCUT2D eigenvalue weighted by molar-refractivity contribution is -0.143. The number of amides is 1. The molecule has 0 atom stereocenters. The zero-order valence-corrected chi connectivity index (χ0v) is 13.5. The molecule has 112 valence electrons. The van der Waals surface area contributed by atoms with Gasteiger partial charge in [0.1, 0.15) is 0 Å². The molecule has 1 aliphatic carbocycles. The van der Waals surface area contributed by atoms with Crippen LogP contribution in [0.3, 0.4) is 0 Å². The topological polar surface area (TPSA) is 20.3 Å². The van der Waals surface area contributed by atoms with E-state index in [-0.39, 0.29) is 5.41 Å². The normalized spacial score (nSPS) is 17.5. The van der Waals surface area contributed by atoms with Gasteiger partial charge in [-0.25, -0.2) is 0 Å². The van der Waals surface area contributed by atoms with Gasteiger partial charge in [0.2, 0.25) is 5.91 Å². The standard InChI is InChI=1S/C17H33NO/c1-5-7-11-14-18(15-12-9-8-10-13-15)16(19)17(3,4)6-2/h15H,5-14H2,1-4H3. The Kier molecular flexibility index (Phi) is 6.88. The lowest BCUT2D eigenvalue weighted by atomic mass is 9.86. The van der Waals surface area contributed by atoms with Crippen molar-refractivity contribution in [1.29, 1.82) is 0 Å². The van der Waals surface area contributed by atoms with Crippen molar-refractivity contribution in [3.8, 4) is 0 Å². The highest BCUT2D eigenvalue weighted by Gasteiger charge is 2.34. The van der Waals surface area contributed by atoms with Crippen LogP contribution in [0.1, 0.15) is 85.5 Å². The first-order valence-corrected chi connectivity index (χ1v) is 8.34. The van der Waals surface area contributed by atoms with Crippen LogP contribution < -0.4 is 0 Å². The van der Waals surface area contributed by atoms with Crippen molar-refractivity contribution >= 4 is 5.91 Å². The van der Waals surface area contributed by atoms with E-state index < -0.39 is 0 Å². The number of hydrogen-bond donors (Lipinski definition) is 0. The molecule has 2 heteroatoms. The number of rotatable bonds is 7. The fraction of sp³-hybridized carbons (Fsp3) is 0.941.